The Kier molecular flexibility index (Phi) is 7.99. The summed E-state index contributed by atoms with van der Waals surface area (Å²) in [5.41, 5.74) is 17.9. The van der Waals surface area contributed by atoms with E-state index in [-0.39, 0.29) is 5.41 Å². The van der Waals surface area contributed by atoms with E-state index < -0.39 is 0 Å². The Morgan fingerprint density at radius 1 is 0.611 bits per heavy atom. The fourth-order valence-corrected chi connectivity index (χ4v) is 9.19. The van der Waals surface area contributed by atoms with Crippen molar-refractivity contribution in [1.82, 2.24) is 9.88 Å². The van der Waals surface area contributed by atoms with Crippen molar-refractivity contribution in [3.05, 3.63) is 202 Å². The quantitative estimate of drug-likeness (QED) is 0.161. The van der Waals surface area contributed by atoms with Crippen molar-refractivity contribution in [3.8, 4) is 22.4 Å². The molecule has 1 saturated carbocycles. The number of pyridine rings is 1. The van der Waals surface area contributed by atoms with Crippen LogP contribution in [0.25, 0.3) is 63.3 Å². The molecule has 260 valence electrons. The third kappa shape index (κ3) is 5.70. The van der Waals surface area contributed by atoms with E-state index in [0.29, 0.717) is 6.04 Å². The summed E-state index contributed by atoms with van der Waals surface area (Å²) in [7, 11) is 2.19. The maximum absolute atomic E-state index is 4.88. The molecule has 1 aromatic heterocycles. The minimum absolute atomic E-state index is 0.103. The van der Waals surface area contributed by atoms with Crippen LogP contribution in [0, 0.1) is 0 Å². The smallest absolute Gasteiger partial charge is 0.0726 e. The molecule has 0 bridgehead atoms. The first kappa shape index (κ1) is 32.4. The van der Waals surface area contributed by atoms with Crippen LogP contribution in [0.15, 0.2) is 163 Å². The Morgan fingerprint density at radius 3 is 1.91 bits per heavy atom. The van der Waals surface area contributed by atoms with E-state index in [1.807, 2.05) is 6.07 Å². The molecule has 0 amide bonds. The fraction of sp³-hybridized carbons (Fsp3) is 0.135. The number of hydrogen-bond donors (Lipinski definition) is 0. The SMILES string of the molecule is CN1C(c2ccc(/C=C/c3ccc4c(c3)C3(CCCC3)c3cc(/C=C/c5ccc(-c6ccc7ccccc7n6)cc5)ccc3-4)cc2)=CC=C2C=CC=CC21. The Labute approximate surface area is 318 Å². The summed E-state index contributed by atoms with van der Waals surface area (Å²) >= 11 is 0. The second-order valence-electron chi connectivity index (χ2n) is 15.2. The van der Waals surface area contributed by atoms with Gasteiger partial charge in [-0.1, -0.05) is 177 Å². The molecule has 1 aliphatic heterocycles. The molecule has 1 fully saturated rings. The standard InChI is InChI=1S/C52H42N2/c1-54-50-11-5-3-9-42(50)27-31-51(54)43-24-18-37(19-25-43)13-15-39-21-29-45-44-28-20-38(34-46(44)52(47(45)35-39)32-6-7-33-52)14-12-36-16-22-41(23-17-36)49-30-26-40-8-2-4-10-48(40)53-49/h2-5,8-31,34-35,50H,6-7,32-33H2,1H3/b14-12+,15-13+. The topological polar surface area (TPSA) is 16.1 Å². The van der Waals surface area contributed by atoms with Crippen molar-refractivity contribution < 1.29 is 0 Å². The number of aromatic nitrogens is 1. The minimum atomic E-state index is 0.103. The lowest BCUT2D eigenvalue weighted by Gasteiger charge is -2.35. The first-order valence-electron chi connectivity index (χ1n) is 19.3. The summed E-state index contributed by atoms with van der Waals surface area (Å²) in [6.45, 7) is 0. The first-order valence-corrected chi connectivity index (χ1v) is 19.3. The molecule has 1 atom stereocenters. The van der Waals surface area contributed by atoms with Gasteiger partial charge in [-0.05, 0) is 86.7 Å². The highest BCUT2D eigenvalue weighted by Crippen LogP contribution is 2.57. The van der Waals surface area contributed by atoms with Gasteiger partial charge in [-0.15, -0.1) is 0 Å². The van der Waals surface area contributed by atoms with E-state index in [4.69, 9.17) is 4.98 Å². The van der Waals surface area contributed by atoms with E-state index in [0.717, 1.165) is 16.8 Å². The number of allylic oxidation sites excluding steroid dienone is 4. The van der Waals surface area contributed by atoms with Crippen molar-refractivity contribution in [1.29, 1.82) is 0 Å². The third-order valence-electron chi connectivity index (χ3n) is 12.1. The molecule has 0 saturated heterocycles. The van der Waals surface area contributed by atoms with Gasteiger partial charge in [0, 0.05) is 29.1 Å². The largest absolute Gasteiger partial charge is 0.364 e. The summed E-state index contributed by atoms with van der Waals surface area (Å²) in [6.07, 6.45) is 27.3. The van der Waals surface area contributed by atoms with Gasteiger partial charge in [-0.3, -0.25) is 0 Å². The van der Waals surface area contributed by atoms with E-state index in [2.05, 4.69) is 188 Å². The summed E-state index contributed by atoms with van der Waals surface area (Å²) in [6, 6.07) is 44.8. The van der Waals surface area contributed by atoms with Crippen LogP contribution in [0.4, 0.5) is 0 Å². The molecule has 5 aromatic carbocycles. The van der Waals surface area contributed by atoms with Gasteiger partial charge in [-0.25, -0.2) is 4.98 Å². The zero-order valence-corrected chi connectivity index (χ0v) is 30.6. The molecule has 1 spiro atoms. The molecular formula is C52H42N2. The Bertz CT molecular complexity index is 2600. The van der Waals surface area contributed by atoms with E-state index in [1.165, 1.54) is 92.4 Å². The predicted molar refractivity (Wildman–Crippen MR) is 228 cm³/mol. The van der Waals surface area contributed by atoms with Crippen molar-refractivity contribution in [2.45, 2.75) is 37.1 Å². The van der Waals surface area contributed by atoms with Gasteiger partial charge in [0.2, 0.25) is 0 Å². The van der Waals surface area contributed by atoms with Crippen LogP contribution in [0.5, 0.6) is 0 Å². The number of likely N-dealkylation sites (N-methyl/N-ethyl adjacent to an activating group) is 1. The molecule has 54 heavy (non-hydrogen) atoms. The number of rotatable bonds is 6. The lowest BCUT2D eigenvalue weighted by molar-refractivity contribution is 0.445. The Hall–Kier alpha value is -6.25. The Balaban J connectivity index is 0.872. The molecule has 2 heteroatoms. The molecular weight excluding hydrogens is 653 g/mol. The summed E-state index contributed by atoms with van der Waals surface area (Å²) in [4.78, 5) is 7.25. The molecule has 1 unspecified atom stereocenters. The number of hydrogen-bond acceptors (Lipinski definition) is 2. The van der Waals surface area contributed by atoms with E-state index in [1.54, 1.807) is 0 Å². The van der Waals surface area contributed by atoms with Gasteiger partial charge in [-0.2, -0.15) is 0 Å². The zero-order valence-electron chi connectivity index (χ0n) is 30.6. The van der Waals surface area contributed by atoms with Gasteiger partial charge < -0.3 is 4.90 Å². The number of para-hydroxylation sites is 1. The second kappa shape index (κ2) is 13.3. The number of nitrogens with zero attached hydrogens (tertiary/aromatic N) is 2. The van der Waals surface area contributed by atoms with Gasteiger partial charge >= 0.3 is 0 Å². The average Bonchev–Trinajstić information content (AvgIpc) is 3.83. The minimum Gasteiger partial charge on any atom is -0.364 e. The second-order valence-corrected chi connectivity index (χ2v) is 15.2. The molecule has 0 N–H and O–H groups in total. The van der Waals surface area contributed by atoms with Crippen LogP contribution in [-0.2, 0) is 5.41 Å². The van der Waals surface area contributed by atoms with Gasteiger partial charge in [0.15, 0.2) is 0 Å². The number of fused-ring (bicyclic) bond motifs is 7. The number of benzene rings is 5. The van der Waals surface area contributed by atoms with Crippen LogP contribution in [0.2, 0.25) is 0 Å². The fourth-order valence-electron chi connectivity index (χ4n) is 9.19. The van der Waals surface area contributed by atoms with Crippen LogP contribution in [0.1, 0.15) is 64.6 Å². The lowest BCUT2D eigenvalue weighted by atomic mass is 9.76. The van der Waals surface area contributed by atoms with E-state index in [9.17, 15) is 0 Å². The first-order chi connectivity index (χ1) is 26.6. The molecule has 6 aromatic rings. The van der Waals surface area contributed by atoms with Crippen molar-refractivity contribution in [2.75, 3.05) is 7.05 Å². The monoisotopic (exact) mass is 694 g/mol. The predicted octanol–water partition coefficient (Wildman–Crippen LogP) is 12.8. The maximum atomic E-state index is 4.88. The highest BCUT2D eigenvalue weighted by molar-refractivity contribution is 5.86. The summed E-state index contributed by atoms with van der Waals surface area (Å²) in [5, 5.41) is 1.17. The normalized spacial score (nSPS) is 18.0. The molecule has 4 aliphatic rings. The highest BCUT2D eigenvalue weighted by Gasteiger charge is 2.45. The zero-order chi connectivity index (χ0) is 36.1. The lowest BCUT2D eigenvalue weighted by Crippen LogP contribution is -2.32. The van der Waals surface area contributed by atoms with Crippen molar-refractivity contribution in [3.63, 3.8) is 0 Å². The van der Waals surface area contributed by atoms with Crippen LogP contribution in [-0.4, -0.2) is 23.0 Å². The van der Waals surface area contributed by atoms with Gasteiger partial charge in [0.25, 0.3) is 0 Å². The van der Waals surface area contributed by atoms with Crippen LogP contribution >= 0.6 is 0 Å². The molecule has 2 nitrogen and oxygen atoms in total. The highest BCUT2D eigenvalue weighted by atomic mass is 15.1. The van der Waals surface area contributed by atoms with Gasteiger partial charge in [0.1, 0.15) is 0 Å². The third-order valence-corrected chi connectivity index (χ3v) is 12.1. The molecule has 2 heterocycles. The van der Waals surface area contributed by atoms with E-state index >= 15 is 0 Å². The molecule has 10 rings (SSSR count). The van der Waals surface area contributed by atoms with Crippen molar-refractivity contribution in [2.24, 2.45) is 0 Å². The van der Waals surface area contributed by atoms with Crippen LogP contribution in [0.3, 0.4) is 0 Å². The molecule has 3 aliphatic carbocycles. The van der Waals surface area contributed by atoms with Crippen molar-refractivity contribution >= 4 is 40.9 Å². The van der Waals surface area contributed by atoms with Gasteiger partial charge in [0.05, 0.1) is 17.3 Å². The average molecular weight is 695 g/mol. The summed E-state index contributed by atoms with van der Waals surface area (Å²) in [5.74, 6) is 0. The Morgan fingerprint density at radius 2 is 1.22 bits per heavy atom. The maximum Gasteiger partial charge on any atom is 0.0726 e. The summed E-state index contributed by atoms with van der Waals surface area (Å²) < 4.78 is 0. The molecule has 0 radical (unpaired) electrons. The van der Waals surface area contributed by atoms with Crippen LogP contribution < -0.4 is 0 Å².